The van der Waals surface area contributed by atoms with Crippen LogP contribution in [0.5, 0.6) is 0 Å². The van der Waals surface area contributed by atoms with E-state index < -0.39 is 0 Å². The van der Waals surface area contributed by atoms with Crippen molar-refractivity contribution in [1.29, 1.82) is 0 Å². The number of hydrogen-bond donors (Lipinski definition) is 1. The van der Waals surface area contributed by atoms with Crippen LogP contribution in [-0.2, 0) is 0 Å². The third-order valence-corrected chi connectivity index (χ3v) is 3.07. The largest absolute Gasteiger partial charge is 0.310 e. The van der Waals surface area contributed by atoms with Crippen LogP contribution < -0.4 is 5.32 Å². The second kappa shape index (κ2) is 5.22. The number of hydrogen-bond acceptors (Lipinski definition) is 1. The molecule has 1 atom stereocenters. The number of halogens is 3. The molecule has 1 aliphatic rings. The second-order valence-electron chi connectivity index (χ2n) is 3.28. The molecule has 1 aromatic rings. The highest BCUT2D eigenvalue weighted by molar-refractivity contribution is 6.36. The van der Waals surface area contributed by atoms with Gasteiger partial charge in [0.05, 0.1) is 0 Å². The van der Waals surface area contributed by atoms with Gasteiger partial charge in [-0.05, 0) is 31.5 Å². The molecule has 0 radical (unpaired) electrons. The van der Waals surface area contributed by atoms with Crippen LogP contribution in [0, 0.1) is 0 Å². The highest BCUT2D eigenvalue weighted by Crippen LogP contribution is 2.34. The van der Waals surface area contributed by atoms with E-state index in [1.807, 2.05) is 18.2 Å². The number of rotatable bonds is 1. The summed E-state index contributed by atoms with van der Waals surface area (Å²) in [6, 6.07) is 6.01. The van der Waals surface area contributed by atoms with Crippen molar-refractivity contribution in [3.05, 3.63) is 33.8 Å². The summed E-state index contributed by atoms with van der Waals surface area (Å²) in [7, 11) is 0. The van der Waals surface area contributed by atoms with Crippen molar-refractivity contribution in [2.24, 2.45) is 0 Å². The first-order chi connectivity index (χ1) is 6.29. The molecule has 1 aliphatic heterocycles. The lowest BCUT2D eigenvalue weighted by atomic mass is 10.1. The molecule has 0 aromatic heterocycles. The van der Waals surface area contributed by atoms with Crippen LogP contribution in [-0.4, -0.2) is 6.54 Å². The lowest BCUT2D eigenvalue weighted by Crippen LogP contribution is -2.13. The van der Waals surface area contributed by atoms with Crippen molar-refractivity contribution in [3.8, 4) is 0 Å². The van der Waals surface area contributed by atoms with Gasteiger partial charge in [0.1, 0.15) is 0 Å². The third kappa shape index (κ3) is 2.34. The van der Waals surface area contributed by atoms with E-state index in [9.17, 15) is 0 Å². The van der Waals surface area contributed by atoms with Gasteiger partial charge < -0.3 is 5.32 Å². The lowest BCUT2D eigenvalue weighted by molar-refractivity contribution is 0.648. The fraction of sp³-hybridized carbons (Fsp3) is 0.400. The van der Waals surface area contributed by atoms with Crippen molar-refractivity contribution < 1.29 is 0 Å². The zero-order chi connectivity index (χ0) is 9.26. The summed E-state index contributed by atoms with van der Waals surface area (Å²) in [4.78, 5) is 0. The van der Waals surface area contributed by atoms with E-state index in [1.165, 1.54) is 6.42 Å². The van der Waals surface area contributed by atoms with Crippen LogP contribution >= 0.6 is 35.6 Å². The SMILES string of the molecule is Cl.Clc1cccc(Cl)c1C1CCCN1. The van der Waals surface area contributed by atoms with E-state index >= 15 is 0 Å². The maximum absolute atomic E-state index is 6.09. The molecule has 0 saturated carbocycles. The van der Waals surface area contributed by atoms with Gasteiger partial charge in [0.2, 0.25) is 0 Å². The summed E-state index contributed by atoms with van der Waals surface area (Å²) >= 11 is 12.2. The van der Waals surface area contributed by atoms with Gasteiger partial charge in [0.25, 0.3) is 0 Å². The zero-order valence-corrected chi connectivity index (χ0v) is 9.92. The smallest absolute Gasteiger partial charge is 0.0468 e. The molecule has 1 aromatic carbocycles. The molecule has 1 saturated heterocycles. The van der Waals surface area contributed by atoms with E-state index in [0.29, 0.717) is 6.04 Å². The summed E-state index contributed by atoms with van der Waals surface area (Å²) in [6.07, 6.45) is 2.33. The highest BCUT2D eigenvalue weighted by atomic mass is 35.5. The number of nitrogens with one attached hydrogen (secondary N) is 1. The van der Waals surface area contributed by atoms with Gasteiger partial charge in [0, 0.05) is 21.7 Å². The summed E-state index contributed by atoms with van der Waals surface area (Å²) in [5.74, 6) is 0. The molecule has 0 bridgehead atoms. The predicted molar refractivity (Wildman–Crippen MR) is 63.7 cm³/mol. The Bertz CT molecular complexity index is 288. The Morgan fingerprint density at radius 1 is 1.21 bits per heavy atom. The van der Waals surface area contributed by atoms with Gasteiger partial charge in [-0.15, -0.1) is 12.4 Å². The minimum Gasteiger partial charge on any atom is -0.310 e. The first kappa shape index (κ1) is 12.1. The van der Waals surface area contributed by atoms with Crippen molar-refractivity contribution in [2.75, 3.05) is 6.54 Å². The molecule has 0 amide bonds. The first-order valence-electron chi connectivity index (χ1n) is 4.46. The van der Waals surface area contributed by atoms with Crippen LogP contribution in [0.3, 0.4) is 0 Å². The first-order valence-corrected chi connectivity index (χ1v) is 5.22. The van der Waals surface area contributed by atoms with Crippen molar-refractivity contribution in [1.82, 2.24) is 5.32 Å². The van der Waals surface area contributed by atoms with Gasteiger partial charge >= 0.3 is 0 Å². The van der Waals surface area contributed by atoms with Crippen molar-refractivity contribution in [2.45, 2.75) is 18.9 Å². The molecule has 1 N–H and O–H groups in total. The van der Waals surface area contributed by atoms with Crippen LogP contribution in [0.25, 0.3) is 0 Å². The van der Waals surface area contributed by atoms with Crippen LogP contribution in [0.2, 0.25) is 10.0 Å². The molecule has 0 spiro atoms. The van der Waals surface area contributed by atoms with Gasteiger partial charge in [-0.2, -0.15) is 0 Å². The molecule has 1 nitrogen and oxygen atoms in total. The predicted octanol–water partition coefficient (Wildman–Crippen LogP) is 3.84. The van der Waals surface area contributed by atoms with E-state index in [1.54, 1.807) is 0 Å². The van der Waals surface area contributed by atoms with Crippen LogP contribution in [0.15, 0.2) is 18.2 Å². The average Bonchev–Trinajstić information content (AvgIpc) is 2.57. The van der Waals surface area contributed by atoms with Crippen molar-refractivity contribution in [3.63, 3.8) is 0 Å². The number of benzene rings is 1. The van der Waals surface area contributed by atoms with Gasteiger partial charge in [-0.1, -0.05) is 29.3 Å². The van der Waals surface area contributed by atoms with E-state index in [4.69, 9.17) is 23.2 Å². The average molecular weight is 253 g/mol. The minimum absolute atomic E-state index is 0. The molecular weight excluding hydrogens is 240 g/mol. The van der Waals surface area contributed by atoms with Gasteiger partial charge in [0.15, 0.2) is 0 Å². The molecule has 78 valence electrons. The van der Waals surface area contributed by atoms with Gasteiger partial charge in [-0.3, -0.25) is 0 Å². The summed E-state index contributed by atoms with van der Waals surface area (Å²) in [5, 5.41) is 4.93. The normalized spacial score (nSPS) is 20.6. The molecular formula is C10H12Cl3N. The molecule has 2 rings (SSSR count). The monoisotopic (exact) mass is 251 g/mol. The molecule has 1 unspecified atom stereocenters. The Morgan fingerprint density at radius 2 is 1.86 bits per heavy atom. The summed E-state index contributed by atoms with van der Waals surface area (Å²) < 4.78 is 0. The van der Waals surface area contributed by atoms with Crippen LogP contribution in [0.4, 0.5) is 0 Å². The molecule has 1 fully saturated rings. The highest BCUT2D eigenvalue weighted by Gasteiger charge is 2.20. The van der Waals surface area contributed by atoms with E-state index in [2.05, 4.69) is 5.32 Å². The van der Waals surface area contributed by atoms with Gasteiger partial charge in [-0.25, -0.2) is 0 Å². The zero-order valence-electron chi connectivity index (χ0n) is 7.59. The second-order valence-corrected chi connectivity index (χ2v) is 4.10. The summed E-state index contributed by atoms with van der Waals surface area (Å²) in [5.41, 5.74) is 1.06. The topological polar surface area (TPSA) is 12.0 Å². The fourth-order valence-corrected chi connectivity index (χ4v) is 2.44. The summed E-state index contributed by atoms with van der Waals surface area (Å²) in [6.45, 7) is 1.06. The Labute approximate surface area is 100 Å². The quantitative estimate of drug-likeness (QED) is 0.801. The lowest BCUT2D eigenvalue weighted by Gasteiger charge is -2.13. The van der Waals surface area contributed by atoms with Crippen LogP contribution in [0.1, 0.15) is 24.4 Å². The Kier molecular flexibility index (Phi) is 4.52. The van der Waals surface area contributed by atoms with E-state index in [0.717, 1.165) is 28.6 Å². The Balaban J connectivity index is 0.000000980. The standard InChI is InChI=1S/C10H11Cl2N.ClH/c11-7-3-1-4-8(12)10(7)9-5-2-6-13-9;/h1,3-4,9,13H,2,5-6H2;1H. The fourth-order valence-electron chi connectivity index (χ4n) is 1.77. The Hall–Kier alpha value is 0.0500. The Morgan fingerprint density at radius 3 is 2.36 bits per heavy atom. The van der Waals surface area contributed by atoms with Crippen molar-refractivity contribution >= 4 is 35.6 Å². The molecule has 14 heavy (non-hydrogen) atoms. The molecule has 1 heterocycles. The van der Waals surface area contributed by atoms with E-state index in [-0.39, 0.29) is 12.4 Å². The molecule has 0 aliphatic carbocycles. The third-order valence-electron chi connectivity index (χ3n) is 2.41. The maximum atomic E-state index is 6.09. The minimum atomic E-state index is 0. The molecule has 4 heteroatoms. The maximum Gasteiger partial charge on any atom is 0.0468 e.